The second-order valence-electron chi connectivity index (χ2n) is 5.51. The second-order valence-corrected chi connectivity index (χ2v) is 5.51. The molecular formula is C15H21NO. The molecule has 2 nitrogen and oxygen atoms in total. The summed E-state index contributed by atoms with van der Waals surface area (Å²) < 4.78 is 0. The molecule has 1 fully saturated rings. The molecule has 0 saturated carbocycles. The predicted octanol–water partition coefficient (Wildman–Crippen LogP) is 3.29. The number of rotatable bonds is 2. The first-order valence-corrected chi connectivity index (χ1v) is 6.41. The van der Waals surface area contributed by atoms with E-state index < -0.39 is 0 Å². The van der Waals surface area contributed by atoms with Gasteiger partial charge in [0.25, 0.3) is 0 Å². The Hall–Kier alpha value is -1.31. The van der Waals surface area contributed by atoms with Crippen molar-refractivity contribution in [3.05, 3.63) is 29.3 Å². The zero-order valence-electron chi connectivity index (χ0n) is 10.9. The molecule has 1 saturated heterocycles. The van der Waals surface area contributed by atoms with Gasteiger partial charge in [-0.05, 0) is 48.9 Å². The van der Waals surface area contributed by atoms with Crippen molar-refractivity contribution in [3.63, 3.8) is 0 Å². The van der Waals surface area contributed by atoms with Gasteiger partial charge in [-0.25, -0.2) is 0 Å². The third-order valence-corrected chi connectivity index (χ3v) is 3.61. The van der Waals surface area contributed by atoms with Gasteiger partial charge in [-0.3, -0.25) is 4.79 Å². The van der Waals surface area contributed by atoms with E-state index in [-0.39, 0.29) is 0 Å². The van der Waals surface area contributed by atoms with Gasteiger partial charge < -0.3 is 4.90 Å². The van der Waals surface area contributed by atoms with E-state index in [0.717, 1.165) is 42.3 Å². The fourth-order valence-corrected chi connectivity index (χ4v) is 2.86. The zero-order chi connectivity index (χ0) is 12.4. The van der Waals surface area contributed by atoms with Crippen LogP contribution in [0.3, 0.4) is 0 Å². The molecule has 92 valence electrons. The van der Waals surface area contributed by atoms with Gasteiger partial charge in [0, 0.05) is 24.3 Å². The minimum Gasteiger partial charge on any atom is -0.371 e. The number of aldehydes is 1. The van der Waals surface area contributed by atoms with E-state index in [0.29, 0.717) is 0 Å². The number of aryl methyl sites for hydroxylation is 1. The number of hydrogen-bond acceptors (Lipinski definition) is 2. The lowest BCUT2D eigenvalue weighted by molar-refractivity contribution is 0.112. The van der Waals surface area contributed by atoms with E-state index in [4.69, 9.17) is 0 Å². The molecule has 2 rings (SSSR count). The molecule has 1 aliphatic heterocycles. The number of hydrogen-bond donors (Lipinski definition) is 0. The van der Waals surface area contributed by atoms with Crippen LogP contribution in [0.4, 0.5) is 5.69 Å². The molecule has 0 aromatic heterocycles. The van der Waals surface area contributed by atoms with Crippen molar-refractivity contribution in [3.8, 4) is 0 Å². The van der Waals surface area contributed by atoms with Crippen LogP contribution in [0.5, 0.6) is 0 Å². The highest BCUT2D eigenvalue weighted by Gasteiger charge is 2.22. The van der Waals surface area contributed by atoms with Crippen LogP contribution in [0.15, 0.2) is 18.2 Å². The lowest BCUT2D eigenvalue weighted by Gasteiger charge is -2.36. The number of carbonyl (C=O) groups is 1. The molecule has 0 spiro atoms. The highest BCUT2D eigenvalue weighted by atomic mass is 16.1. The average molecular weight is 231 g/mol. The van der Waals surface area contributed by atoms with E-state index in [1.54, 1.807) is 0 Å². The summed E-state index contributed by atoms with van der Waals surface area (Å²) in [4.78, 5) is 13.3. The van der Waals surface area contributed by atoms with Crippen molar-refractivity contribution in [2.75, 3.05) is 18.0 Å². The fraction of sp³-hybridized carbons (Fsp3) is 0.533. The van der Waals surface area contributed by atoms with Crippen molar-refractivity contribution in [2.45, 2.75) is 27.2 Å². The predicted molar refractivity (Wildman–Crippen MR) is 71.7 cm³/mol. The van der Waals surface area contributed by atoms with Crippen molar-refractivity contribution >= 4 is 12.0 Å². The number of piperidine rings is 1. The molecule has 17 heavy (non-hydrogen) atoms. The number of carbonyl (C=O) groups excluding carboxylic acids is 1. The van der Waals surface area contributed by atoms with Crippen LogP contribution in [-0.4, -0.2) is 19.4 Å². The summed E-state index contributed by atoms with van der Waals surface area (Å²) in [7, 11) is 0. The van der Waals surface area contributed by atoms with E-state index in [1.165, 1.54) is 12.1 Å². The normalized spacial score (nSPS) is 24.8. The van der Waals surface area contributed by atoms with Crippen LogP contribution in [0.25, 0.3) is 0 Å². The van der Waals surface area contributed by atoms with E-state index in [9.17, 15) is 4.79 Å². The molecule has 1 heterocycles. The standard InChI is InChI=1S/C15H21NO/c1-11-6-12(2)9-16(8-11)15-5-4-14(10-17)13(3)7-15/h4-5,7,10-12H,6,8-9H2,1-3H3. The summed E-state index contributed by atoms with van der Waals surface area (Å²) in [5.74, 6) is 1.51. The number of nitrogens with zero attached hydrogens (tertiary/aromatic N) is 1. The van der Waals surface area contributed by atoms with Crippen LogP contribution >= 0.6 is 0 Å². The third-order valence-electron chi connectivity index (χ3n) is 3.61. The molecule has 0 bridgehead atoms. The smallest absolute Gasteiger partial charge is 0.150 e. The Bertz CT molecular complexity index is 403. The van der Waals surface area contributed by atoms with Gasteiger partial charge in [-0.15, -0.1) is 0 Å². The Kier molecular flexibility index (Phi) is 3.51. The van der Waals surface area contributed by atoms with Gasteiger partial charge in [0.2, 0.25) is 0 Å². The van der Waals surface area contributed by atoms with Crippen molar-refractivity contribution in [1.82, 2.24) is 0 Å². The molecule has 1 aliphatic rings. The molecule has 1 aromatic rings. The van der Waals surface area contributed by atoms with Gasteiger partial charge in [-0.1, -0.05) is 13.8 Å². The van der Waals surface area contributed by atoms with E-state index >= 15 is 0 Å². The Labute approximate surface area is 104 Å². The monoisotopic (exact) mass is 231 g/mol. The van der Waals surface area contributed by atoms with Gasteiger partial charge in [0.1, 0.15) is 6.29 Å². The lowest BCUT2D eigenvalue weighted by Crippen LogP contribution is -2.38. The maximum absolute atomic E-state index is 10.8. The van der Waals surface area contributed by atoms with Gasteiger partial charge >= 0.3 is 0 Å². The average Bonchev–Trinajstić information content (AvgIpc) is 2.27. The summed E-state index contributed by atoms with van der Waals surface area (Å²) >= 11 is 0. The molecule has 0 N–H and O–H groups in total. The second kappa shape index (κ2) is 4.91. The first kappa shape index (κ1) is 12.2. The largest absolute Gasteiger partial charge is 0.371 e. The van der Waals surface area contributed by atoms with Crippen LogP contribution in [0.1, 0.15) is 36.2 Å². The molecule has 2 atom stereocenters. The third kappa shape index (κ3) is 2.68. The maximum atomic E-state index is 10.8. The van der Waals surface area contributed by atoms with Crippen molar-refractivity contribution in [2.24, 2.45) is 11.8 Å². The van der Waals surface area contributed by atoms with Crippen molar-refractivity contribution < 1.29 is 4.79 Å². The number of anilines is 1. The Morgan fingerprint density at radius 3 is 2.41 bits per heavy atom. The minimum absolute atomic E-state index is 0.754. The summed E-state index contributed by atoms with van der Waals surface area (Å²) in [6.45, 7) is 8.89. The van der Waals surface area contributed by atoms with Crippen LogP contribution in [0.2, 0.25) is 0 Å². The SMILES string of the molecule is Cc1cc(N2CC(C)CC(C)C2)ccc1C=O. The van der Waals surface area contributed by atoms with Crippen molar-refractivity contribution in [1.29, 1.82) is 0 Å². The highest BCUT2D eigenvalue weighted by molar-refractivity contribution is 5.78. The quantitative estimate of drug-likeness (QED) is 0.728. The molecule has 0 radical (unpaired) electrons. The molecule has 1 aromatic carbocycles. The minimum atomic E-state index is 0.754. The Morgan fingerprint density at radius 1 is 1.24 bits per heavy atom. The Morgan fingerprint density at radius 2 is 1.88 bits per heavy atom. The van der Waals surface area contributed by atoms with E-state index in [1.807, 2.05) is 13.0 Å². The highest BCUT2D eigenvalue weighted by Crippen LogP contribution is 2.27. The lowest BCUT2D eigenvalue weighted by atomic mass is 9.91. The van der Waals surface area contributed by atoms with E-state index in [2.05, 4.69) is 30.9 Å². The van der Waals surface area contributed by atoms with Gasteiger partial charge in [-0.2, -0.15) is 0 Å². The Balaban J connectivity index is 2.21. The summed E-state index contributed by atoms with van der Waals surface area (Å²) in [5.41, 5.74) is 3.13. The molecule has 0 aliphatic carbocycles. The zero-order valence-corrected chi connectivity index (χ0v) is 10.9. The molecule has 2 heteroatoms. The summed E-state index contributed by atoms with van der Waals surface area (Å²) in [6, 6.07) is 6.14. The number of benzene rings is 1. The van der Waals surface area contributed by atoms with Crippen LogP contribution in [0, 0.1) is 18.8 Å². The summed E-state index contributed by atoms with van der Waals surface area (Å²) in [6.07, 6.45) is 2.25. The first-order chi connectivity index (χ1) is 8.10. The van der Waals surface area contributed by atoms with Crippen LogP contribution in [-0.2, 0) is 0 Å². The maximum Gasteiger partial charge on any atom is 0.150 e. The van der Waals surface area contributed by atoms with Crippen LogP contribution < -0.4 is 4.90 Å². The topological polar surface area (TPSA) is 20.3 Å². The summed E-state index contributed by atoms with van der Waals surface area (Å²) in [5, 5.41) is 0. The first-order valence-electron chi connectivity index (χ1n) is 6.41. The fourth-order valence-electron chi connectivity index (χ4n) is 2.86. The molecule has 2 unspecified atom stereocenters. The van der Waals surface area contributed by atoms with Gasteiger partial charge in [0.15, 0.2) is 0 Å². The molecule has 0 amide bonds. The van der Waals surface area contributed by atoms with Gasteiger partial charge in [0.05, 0.1) is 0 Å². The molecular weight excluding hydrogens is 210 g/mol.